The molecule has 1 N–H and O–H groups in total. The summed E-state index contributed by atoms with van der Waals surface area (Å²) in [7, 11) is 0. The number of rotatable bonds is 2. The molecule has 2 heteroatoms. The standard InChI is InChI=1S/C13H15NO/c1-9-3-2-4-10(5-9)6-13-7-11(13)12(15)14-8-13/h2-5,11H,6-8H2,1H3,(H,14,15). The molecule has 0 spiro atoms. The second kappa shape index (κ2) is 2.84. The van der Waals surface area contributed by atoms with Gasteiger partial charge in [0.25, 0.3) is 0 Å². The summed E-state index contributed by atoms with van der Waals surface area (Å²) in [6, 6.07) is 8.61. The maximum Gasteiger partial charge on any atom is 0.223 e. The smallest absolute Gasteiger partial charge is 0.223 e. The number of benzene rings is 1. The number of hydrogen-bond donors (Lipinski definition) is 1. The van der Waals surface area contributed by atoms with Crippen LogP contribution in [0.1, 0.15) is 17.5 Å². The third kappa shape index (κ3) is 1.36. The molecule has 1 aliphatic heterocycles. The number of carbonyl (C=O) groups excluding carboxylic acids is 1. The van der Waals surface area contributed by atoms with Gasteiger partial charge in [0.1, 0.15) is 0 Å². The molecule has 1 aromatic rings. The van der Waals surface area contributed by atoms with Crippen LogP contribution in [-0.4, -0.2) is 12.5 Å². The normalized spacial score (nSPS) is 32.3. The largest absolute Gasteiger partial charge is 0.355 e. The van der Waals surface area contributed by atoms with Gasteiger partial charge >= 0.3 is 0 Å². The summed E-state index contributed by atoms with van der Waals surface area (Å²) in [6.45, 7) is 2.99. The highest BCUT2D eigenvalue weighted by molar-refractivity contribution is 5.85. The molecule has 2 nitrogen and oxygen atoms in total. The van der Waals surface area contributed by atoms with Gasteiger partial charge in [-0.15, -0.1) is 0 Å². The van der Waals surface area contributed by atoms with E-state index in [-0.39, 0.29) is 11.3 Å². The Morgan fingerprint density at radius 1 is 1.53 bits per heavy atom. The van der Waals surface area contributed by atoms with Crippen LogP contribution in [0.3, 0.4) is 0 Å². The van der Waals surface area contributed by atoms with Gasteiger partial charge in [-0.3, -0.25) is 4.79 Å². The predicted octanol–water partition coefficient (Wildman–Crippen LogP) is 1.67. The molecular formula is C13H15NO. The molecule has 1 aliphatic carbocycles. The zero-order valence-corrected chi connectivity index (χ0v) is 8.92. The molecule has 0 radical (unpaired) electrons. The fourth-order valence-corrected chi connectivity index (χ4v) is 2.79. The maximum atomic E-state index is 11.4. The number of amides is 1. The summed E-state index contributed by atoms with van der Waals surface area (Å²) >= 11 is 0. The Balaban J connectivity index is 1.80. The topological polar surface area (TPSA) is 29.1 Å². The maximum absolute atomic E-state index is 11.4. The van der Waals surface area contributed by atoms with Crippen molar-refractivity contribution in [2.75, 3.05) is 6.54 Å². The zero-order chi connectivity index (χ0) is 10.5. The highest BCUT2D eigenvalue weighted by Gasteiger charge is 2.61. The average molecular weight is 201 g/mol. The molecule has 0 bridgehead atoms. The molecule has 2 unspecified atom stereocenters. The number of aryl methyl sites for hydroxylation is 1. The Morgan fingerprint density at radius 3 is 3.00 bits per heavy atom. The first-order valence-electron chi connectivity index (χ1n) is 5.53. The summed E-state index contributed by atoms with van der Waals surface area (Å²) < 4.78 is 0. The first kappa shape index (κ1) is 8.96. The fraction of sp³-hybridized carbons (Fsp3) is 0.462. The molecule has 3 rings (SSSR count). The van der Waals surface area contributed by atoms with Crippen molar-refractivity contribution in [3.05, 3.63) is 35.4 Å². The van der Waals surface area contributed by atoms with E-state index in [0.717, 1.165) is 19.4 Å². The van der Waals surface area contributed by atoms with Crippen molar-refractivity contribution < 1.29 is 4.79 Å². The Morgan fingerprint density at radius 2 is 2.40 bits per heavy atom. The van der Waals surface area contributed by atoms with Crippen LogP contribution >= 0.6 is 0 Å². The molecule has 2 atom stereocenters. The van der Waals surface area contributed by atoms with Gasteiger partial charge in [-0.05, 0) is 25.3 Å². The number of nitrogens with one attached hydrogen (secondary N) is 1. The van der Waals surface area contributed by atoms with Gasteiger partial charge in [-0.2, -0.15) is 0 Å². The lowest BCUT2D eigenvalue weighted by atomic mass is 9.95. The molecule has 1 saturated heterocycles. The Bertz CT molecular complexity index is 426. The molecule has 78 valence electrons. The van der Waals surface area contributed by atoms with Gasteiger partial charge in [-0.1, -0.05) is 29.8 Å². The molecule has 15 heavy (non-hydrogen) atoms. The van der Waals surface area contributed by atoms with Crippen LogP contribution < -0.4 is 5.32 Å². The second-order valence-electron chi connectivity index (χ2n) is 5.00. The Kier molecular flexibility index (Phi) is 1.70. The van der Waals surface area contributed by atoms with Gasteiger partial charge in [0, 0.05) is 17.9 Å². The van der Waals surface area contributed by atoms with Gasteiger partial charge in [0.2, 0.25) is 5.91 Å². The van der Waals surface area contributed by atoms with Gasteiger partial charge in [-0.25, -0.2) is 0 Å². The van der Waals surface area contributed by atoms with Crippen LogP contribution in [0.15, 0.2) is 24.3 Å². The van der Waals surface area contributed by atoms with E-state index in [1.807, 2.05) is 0 Å². The molecule has 2 fully saturated rings. The van der Waals surface area contributed by atoms with Crippen molar-refractivity contribution in [1.82, 2.24) is 5.32 Å². The summed E-state index contributed by atoms with van der Waals surface area (Å²) in [5, 5.41) is 2.96. The molecule has 1 aromatic carbocycles. The summed E-state index contributed by atoms with van der Waals surface area (Å²) in [4.78, 5) is 11.4. The fourth-order valence-electron chi connectivity index (χ4n) is 2.79. The molecule has 1 saturated carbocycles. The minimum atomic E-state index is 0.266. The van der Waals surface area contributed by atoms with E-state index in [1.54, 1.807) is 0 Å². The lowest BCUT2D eigenvalue weighted by Crippen LogP contribution is -2.21. The number of piperidine rings is 1. The first-order chi connectivity index (χ1) is 7.20. The highest BCUT2D eigenvalue weighted by atomic mass is 16.2. The van der Waals surface area contributed by atoms with E-state index >= 15 is 0 Å². The van der Waals surface area contributed by atoms with Crippen molar-refractivity contribution in [1.29, 1.82) is 0 Å². The average Bonchev–Trinajstić information content (AvgIpc) is 2.82. The summed E-state index contributed by atoms with van der Waals surface area (Å²) in [6.07, 6.45) is 2.14. The van der Waals surface area contributed by atoms with E-state index in [0.29, 0.717) is 5.92 Å². The van der Waals surface area contributed by atoms with Crippen LogP contribution in [0.4, 0.5) is 0 Å². The number of fused-ring (bicyclic) bond motifs is 1. The summed E-state index contributed by atoms with van der Waals surface area (Å²) in [5.74, 6) is 0.570. The minimum absolute atomic E-state index is 0.266. The molecule has 1 heterocycles. The van der Waals surface area contributed by atoms with E-state index < -0.39 is 0 Å². The van der Waals surface area contributed by atoms with Crippen molar-refractivity contribution >= 4 is 5.91 Å². The quantitative estimate of drug-likeness (QED) is 0.775. The third-order valence-electron chi connectivity index (χ3n) is 3.76. The molecular weight excluding hydrogens is 186 g/mol. The zero-order valence-electron chi connectivity index (χ0n) is 8.92. The van der Waals surface area contributed by atoms with Crippen LogP contribution in [0, 0.1) is 18.3 Å². The Hall–Kier alpha value is -1.31. The molecule has 1 amide bonds. The second-order valence-corrected chi connectivity index (χ2v) is 5.00. The number of hydrogen-bond acceptors (Lipinski definition) is 1. The Labute approximate surface area is 89.7 Å². The third-order valence-corrected chi connectivity index (χ3v) is 3.76. The van der Waals surface area contributed by atoms with Gasteiger partial charge in [0.05, 0.1) is 0 Å². The predicted molar refractivity (Wildman–Crippen MR) is 58.4 cm³/mol. The lowest BCUT2D eigenvalue weighted by molar-refractivity contribution is -0.120. The van der Waals surface area contributed by atoms with E-state index in [9.17, 15) is 4.79 Å². The minimum Gasteiger partial charge on any atom is -0.355 e. The highest BCUT2D eigenvalue weighted by Crippen LogP contribution is 2.57. The monoisotopic (exact) mass is 201 g/mol. The van der Waals surface area contributed by atoms with Crippen molar-refractivity contribution in [2.24, 2.45) is 11.3 Å². The van der Waals surface area contributed by atoms with Gasteiger partial charge < -0.3 is 5.32 Å². The van der Waals surface area contributed by atoms with E-state index in [4.69, 9.17) is 0 Å². The molecule has 2 aliphatic rings. The van der Waals surface area contributed by atoms with Crippen LogP contribution in [0.25, 0.3) is 0 Å². The van der Waals surface area contributed by atoms with Crippen LogP contribution in [-0.2, 0) is 11.2 Å². The SMILES string of the molecule is Cc1cccc(CC23CNC(=O)C2C3)c1. The molecule has 0 aromatic heterocycles. The van der Waals surface area contributed by atoms with Crippen LogP contribution in [0.5, 0.6) is 0 Å². The first-order valence-corrected chi connectivity index (χ1v) is 5.53. The van der Waals surface area contributed by atoms with E-state index in [2.05, 4.69) is 36.5 Å². The summed E-state index contributed by atoms with van der Waals surface area (Å²) in [5.41, 5.74) is 2.94. The van der Waals surface area contributed by atoms with Crippen molar-refractivity contribution in [3.63, 3.8) is 0 Å². The van der Waals surface area contributed by atoms with E-state index in [1.165, 1.54) is 11.1 Å². The van der Waals surface area contributed by atoms with Gasteiger partial charge in [0.15, 0.2) is 0 Å². The number of carbonyl (C=O) groups is 1. The van der Waals surface area contributed by atoms with Crippen molar-refractivity contribution in [2.45, 2.75) is 19.8 Å². The van der Waals surface area contributed by atoms with Crippen molar-refractivity contribution in [3.8, 4) is 0 Å². The lowest BCUT2D eigenvalue weighted by Gasteiger charge is -2.11. The van der Waals surface area contributed by atoms with Crippen LogP contribution in [0.2, 0.25) is 0 Å².